The Morgan fingerprint density at radius 3 is 2.40 bits per heavy atom. The number of furan rings is 1. The fourth-order valence-corrected chi connectivity index (χ4v) is 3.17. The first-order valence-electron chi connectivity index (χ1n) is 11.0. The monoisotopic (exact) mass is 470 g/mol. The Kier molecular flexibility index (Phi) is 8.57. The Labute approximate surface area is 203 Å². The fourth-order valence-electron chi connectivity index (χ4n) is 3.17. The van der Waals surface area contributed by atoms with Crippen molar-refractivity contribution in [2.75, 3.05) is 11.9 Å². The SMILES string of the molecule is Cc1ccc(NC(=O)C(=O)NCc2ccc(/C=C(/C#N)C(=O)NCCc3ccccc3)o2)cc1C. The van der Waals surface area contributed by atoms with E-state index < -0.39 is 17.7 Å². The van der Waals surface area contributed by atoms with Gasteiger partial charge in [-0.2, -0.15) is 5.26 Å². The Hall–Kier alpha value is -4.64. The van der Waals surface area contributed by atoms with Crippen molar-refractivity contribution in [2.24, 2.45) is 0 Å². The molecule has 2 aromatic carbocycles. The quantitative estimate of drug-likeness (QED) is 0.264. The zero-order valence-electron chi connectivity index (χ0n) is 19.6. The summed E-state index contributed by atoms with van der Waals surface area (Å²) in [5.41, 5.74) is 3.59. The summed E-state index contributed by atoms with van der Waals surface area (Å²) in [5.74, 6) is -1.46. The number of nitrogens with zero attached hydrogens (tertiary/aromatic N) is 1. The molecule has 0 aliphatic heterocycles. The third-order valence-corrected chi connectivity index (χ3v) is 5.27. The first kappa shape index (κ1) is 25.0. The molecule has 3 aromatic rings. The van der Waals surface area contributed by atoms with Crippen LogP contribution in [0.4, 0.5) is 5.69 Å². The molecule has 178 valence electrons. The molecule has 0 aliphatic rings. The molecule has 1 aromatic heterocycles. The molecule has 0 bridgehead atoms. The smallest absolute Gasteiger partial charge is 0.313 e. The van der Waals surface area contributed by atoms with Crippen LogP contribution in [0.3, 0.4) is 0 Å². The third-order valence-electron chi connectivity index (χ3n) is 5.27. The molecule has 0 aliphatic carbocycles. The van der Waals surface area contributed by atoms with Gasteiger partial charge in [-0.25, -0.2) is 0 Å². The maximum Gasteiger partial charge on any atom is 0.313 e. The summed E-state index contributed by atoms with van der Waals surface area (Å²) < 4.78 is 5.56. The summed E-state index contributed by atoms with van der Waals surface area (Å²) in [7, 11) is 0. The predicted molar refractivity (Wildman–Crippen MR) is 132 cm³/mol. The molecule has 0 unspecified atom stereocenters. The molecule has 1 heterocycles. The summed E-state index contributed by atoms with van der Waals surface area (Å²) in [6.07, 6.45) is 1.97. The molecule has 0 atom stereocenters. The van der Waals surface area contributed by atoms with Crippen LogP contribution in [0.5, 0.6) is 0 Å². The number of hydrogen-bond acceptors (Lipinski definition) is 5. The number of carbonyl (C=O) groups is 3. The Balaban J connectivity index is 1.50. The van der Waals surface area contributed by atoms with E-state index in [0.29, 0.717) is 24.4 Å². The molecule has 0 fully saturated rings. The number of hydrogen-bond donors (Lipinski definition) is 3. The van der Waals surface area contributed by atoms with Crippen LogP contribution in [-0.4, -0.2) is 24.3 Å². The second-order valence-electron chi connectivity index (χ2n) is 7.90. The average molecular weight is 471 g/mol. The number of benzene rings is 2. The molecule has 0 spiro atoms. The van der Waals surface area contributed by atoms with Crippen LogP contribution < -0.4 is 16.0 Å². The number of amides is 3. The van der Waals surface area contributed by atoms with Crippen LogP contribution in [0.15, 0.2) is 70.7 Å². The summed E-state index contributed by atoms with van der Waals surface area (Å²) in [4.78, 5) is 36.6. The molecule has 3 N–H and O–H groups in total. The van der Waals surface area contributed by atoms with E-state index in [-0.39, 0.29) is 17.9 Å². The average Bonchev–Trinajstić information content (AvgIpc) is 3.31. The minimum absolute atomic E-state index is 0.0296. The van der Waals surface area contributed by atoms with Gasteiger partial charge in [-0.3, -0.25) is 14.4 Å². The van der Waals surface area contributed by atoms with Crippen LogP contribution in [-0.2, 0) is 27.3 Å². The number of rotatable bonds is 8. The molecule has 35 heavy (non-hydrogen) atoms. The van der Waals surface area contributed by atoms with E-state index in [1.807, 2.05) is 56.3 Å². The molecule has 0 saturated heterocycles. The van der Waals surface area contributed by atoms with Crippen molar-refractivity contribution >= 4 is 29.5 Å². The normalized spacial score (nSPS) is 10.8. The highest BCUT2D eigenvalue weighted by molar-refractivity contribution is 6.39. The molecule has 0 saturated carbocycles. The van der Waals surface area contributed by atoms with Gasteiger partial charge in [0, 0.05) is 18.3 Å². The van der Waals surface area contributed by atoms with Gasteiger partial charge in [0.2, 0.25) is 0 Å². The lowest BCUT2D eigenvalue weighted by Gasteiger charge is -2.07. The summed E-state index contributed by atoms with van der Waals surface area (Å²) in [5, 5.41) is 17.1. The van der Waals surface area contributed by atoms with Gasteiger partial charge in [-0.05, 0) is 61.2 Å². The van der Waals surface area contributed by atoms with E-state index >= 15 is 0 Å². The van der Waals surface area contributed by atoms with E-state index in [1.54, 1.807) is 24.3 Å². The van der Waals surface area contributed by atoms with Crippen LogP contribution in [0, 0.1) is 25.2 Å². The second-order valence-corrected chi connectivity index (χ2v) is 7.90. The van der Waals surface area contributed by atoms with E-state index in [2.05, 4.69) is 16.0 Å². The Bertz CT molecular complexity index is 1290. The lowest BCUT2D eigenvalue weighted by molar-refractivity contribution is -0.136. The first-order chi connectivity index (χ1) is 16.9. The number of anilines is 1. The maximum atomic E-state index is 12.3. The molecule has 8 nitrogen and oxygen atoms in total. The highest BCUT2D eigenvalue weighted by Crippen LogP contribution is 2.14. The molecule has 3 amide bonds. The van der Waals surface area contributed by atoms with Gasteiger partial charge in [0.25, 0.3) is 5.91 Å². The summed E-state index contributed by atoms with van der Waals surface area (Å²) >= 11 is 0. The number of carbonyl (C=O) groups excluding carboxylic acids is 3. The van der Waals surface area contributed by atoms with Crippen molar-refractivity contribution in [2.45, 2.75) is 26.8 Å². The minimum Gasteiger partial charge on any atom is -0.460 e. The standard InChI is InChI=1S/C27H26N4O4/c1-18-8-9-22(14-19(18)2)31-27(34)26(33)30-17-24-11-10-23(35-24)15-21(16-28)25(32)29-13-12-20-6-4-3-5-7-20/h3-11,14-15H,12-13,17H2,1-2H3,(H,29,32)(H,30,33)(H,31,34)/b21-15-. The van der Waals surface area contributed by atoms with Crippen LogP contribution in [0.2, 0.25) is 0 Å². The number of aryl methyl sites for hydroxylation is 2. The van der Waals surface area contributed by atoms with Gasteiger partial charge >= 0.3 is 11.8 Å². The van der Waals surface area contributed by atoms with Crippen molar-refractivity contribution in [1.29, 1.82) is 5.26 Å². The zero-order valence-corrected chi connectivity index (χ0v) is 19.6. The Morgan fingerprint density at radius 2 is 1.69 bits per heavy atom. The van der Waals surface area contributed by atoms with Crippen molar-refractivity contribution < 1.29 is 18.8 Å². The highest BCUT2D eigenvalue weighted by atomic mass is 16.3. The van der Waals surface area contributed by atoms with E-state index in [1.165, 1.54) is 6.08 Å². The molecule has 0 radical (unpaired) electrons. The summed E-state index contributed by atoms with van der Waals surface area (Å²) in [6, 6.07) is 20.1. The van der Waals surface area contributed by atoms with Gasteiger partial charge in [0.1, 0.15) is 23.2 Å². The highest BCUT2D eigenvalue weighted by Gasteiger charge is 2.15. The summed E-state index contributed by atoms with van der Waals surface area (Å²) in [6.45, 7) is 4.23. The second kappa shape index (κ2) is 12.0. The Morgan fingerprint density at radius 1 is 0.914 bits per heavy atom. The number of nitriles is 1. The largest absolute Gasteiger partial charge is 0.460 e. The lowest BCUT2D eigenvalue weighted by atomic mass is 10.1. The topological polar surface area (TPSA) is 124 Å². The van der Waals surface area contributed by atoms with Crippen LogP contribution >= 0.6 is 0 Å². The molecule has 3 rings (SSSR count). The number of nitrogens with one attached hydrogen (secondary N) is 3. The fraction of sp³-hybridized carbons (Fsp3) is 0.185. The van der Waals surface area contributed by atoms with Gasteiger partial charge in [-0.1, -0.05) is 36.4 Å². The van der Waals surface area contributed by atoms with E-state index in [0.717, 1.165) is 16.7 Å². The van der Waals surface area contributed by atoms with Gasteiger partial charge < -0.3 is 20.4 Å². The van der Waals surface area contributed by atoms with Crippen molar-refractivity contribution in [3.63, 3.8) is 0 Å². The maximum absolute atomic E-state index is 12.3. The van der Waals surface area contributed by atoms with Crippen molar-refractivity contribution in [3.05, 3.63) is 94.4 Å². The molecule has 8 heteroatoms. The van der Waals surface area contributed by atoms with Crippen LogP contribution in [0.25, 0.3) is 6.08 Å². The zero-order chi connectivity index (χ0) is 25.2. The first-order valence-corrected chi connectivity index (χ1v) is 11.0. The van der Waals surface area contributed by atoms with Gasteiger partial charge in [-0.15, -0.1) is 0 Å². The van der Waals surface area contributed by atoms with Crippen LogP contribution in [0.1, 0.15) is 28.2 Å². The predicted octanol–water partition coefficient (Wildman–Crippen LogP) is 3.42. The van der Waals surface area contributed by atoms with E-state index in [9.17, 15) is 19.6 Å². The lowest BCUT2D eigenvalue weighted by Crippen LogP contribution is -2.34. The minimum atomic E-state index is -0.813. The van der Waals surface area contributed by atoms with Gasteiger partial charge in [0.15, 0.2) is 0 Å². The van der Waals surface area contributed by atoms with Crippen molar-refractivity contribution in [3.8, 4) is 6.07 Å². The van der Waals surface area contributed by atoms with Crippen molar-refractivity contribution in [1.82, 2.24) is 10.6 Å². The third kappa shape index (κ3) is 7.44. The molecular weight excluding hydrogens is 444 g/mol. The van der Waals surface area contributed by atoms with E-state index in [4.69, 9.17) is 4.42 Å². The van der Waals surface area contributed by atoms with Gasteiger partial charge in [0.05, 0.1) is 6.54 Å². The molecular formula is C27H26N4O4.